The molecule has 0 atom stereocenters. The molecular formula is C36H35N3O6. The average molecular weight is 606 g/mol. The third-order valence-corrected chi connectivity index (χ3v) is 9.79. The van der Waals surface area contributed by atoms with Crippen LogP contribution in [0.5, 0.6) is 11.5 Å². The minimum absolute atomic E-state index is 0.183. The first-order valence-electron chi connectivity index (χ1n) is 15.5. The number of carbonyl (C=O) groups excluding carboxylic acids is 4. The summed E-state index contributed by atoms with van der Waals surface area (Å²) < 4.78 is 11.1. The van der Waals surface area contributed by atoms with Gasteiger partial charge in [0.25, 0.3) is 17.7 Å². The number of urea groups is 1. The highest BCUT2D eigenvalue weighted by Gasteiger charge is 2.51. The van der Waals surface area contributed by atoms with Crippen molar-refractivity contribution in [3.05, 3.63) is 89.5 Å². The number of ether oxygens (including phenoxy) is 2. The molecule has 3 aromatic carbocycles. The fourth-order valence-electron chi connectivity index (χ4n) is 8.24. The van der Waals surface area contributed by atoms with Crippen LogP contribution >= 0.6 is 0 Å². The number of para-hydroxylation sites is 1. The van der Waals surface area contributed by atoms with Crippen LogP contribution in [0, 0.1) is 17.8 Å². The Morgan fingerprint density at radius 2 is 1.58 bits per heavy atom. The summed E-state index contributed by atoms with van der Waals surface area (Å²) in [5.74, 6) is 1.24. The zero-order valence-electron chi connectivity index (χ0n) is 25.1. The maximum atomic E-state index is 13.6. The Labute approximate surface area is 261 Å². The first-order valence-corrected chi connectivity index (χ1v) is 15.5. The van der Waals surface area contributed by atoms with Crippen molar-refractivity contribution in [2.24, 2.45) is 17.8 Å². The number of methoxy groups -OCH3 is 1. The SMILES string of the molecule is COc1cc(/C=C2/C(=O)NC(=O)N(c3ccc(C45CC6CC(CC(C6)C4)C5)cc3)C2=O)ccc1OCC(=O)Nc1ccccc1. The molecule has 5 aliphatic rings. The minimum atomic E-state index is -0.778. The highest BCUT2D eigenvalue weighted by atomic mass is 16.5. The first kappa shape index (κ1) is 28.8. The van der Waals surface area contributed by atoms with Crippen molar-refractivity contribution < 1.29 is 28.7 Å². The molecule has 45 heavy (non-hydrogen) atoms. The fraction of sp³-hybridized carbons (Fsp3) is 0.333. The number of barbiturate groups is 1. The van der Waals surface area contributed by atoms with Gasteiger partial charge in [0.05, 0.1) is 12.8 Å². The van der Waals surface area contributed by atoms with E-state index in [1.807, 2.05) is 30.3 Å². The van der Waals surface area contributed by atoms with E-state index in [0.29, 0.717) is 28.4 Å². The van der Waals surface area contributed by atoms with E-state index < -0.39 is 17.8 Å². The van der Waals surface area contributed by atoms with E-state index in [0.717, 1.165) is 22.7 Å². The topological polar surface area (TPSA) is 114 Å². The van der Waals surface area contributed by atoms with Gasteiger partial charge in [-0.3, -0.25) is 19.7 Å². The number of carbonyl (C=O) groups is 4. The van der Waals surface area contributed by atoms with E-state index >= 15 is 0 Å². The van der Waals surface area contributed by atoms with Crippen LogP contribution in [0.25, 0.3) is 6.08 Å². The van der Waals surface area contributed by atoms with Gasteiger partial charge in [0.2, 0.25) is 0 Å². The lowest BCUT2D eigenvalue weighted by Gasteiger charge is -2.57. The highest BCUT2D eigenvalue weighted by Crippen LogP contribution is 2.60. The van der Waals surface area contributed by atoms with Gasteiger partial charge in [0.15, 0.2) is 18.1 Å². The third-order valence-electron chi connectivity index (χ3n) is 9.79. The van der Waals surface area contributed by atoms with E-state index in [1.165, 1.54) is 57.3 Å². The Kier molecular flexibility index (Phi) is 7.39. The predicted molar refractivity (Wildman–Crippen MR) is 169 cm³/mol. The summed E-state index contributed by atoms with van der Waals surface area (Å²) in [6.45, 7) is -0.245. The van der Waals surface area contributed by atoms with Crippen molar-refractivity contribution >= 4 is 41.2 Å². The molecule has 0 aromatic heterocycles. The number of hydrogen-bond donors (Lipinski definition) is 2. The molecule has 9 heteroatoms. The fourth-order valence-corrected chi connectivity index (χ4v) is 8.24. The molecule has 0 radical (unpaired) electrons. The molecule has 0 spiro atoms. The van der Waals surface area contributed by atoms with Gasteiger partial charge in [-0.15, -0.1) is 0 Å². The summed E-state index contributed by atoms with van der Waals surface area (Å²) in [5, 5.41) is 5.05. The summed E-state index contributed by atoms with van der Waals surface area (Å²) in [6, 6.07) is 20.9. The Balaban J connectivity index is 1.07. The van der Waals surface area contributed by atoms with Gasteiger partial charge >= 0.3 is 6.03 Å². The normalized spacial score (nSPS) is 26.2. The second-order valence-electron chi connectivity index (χ2n) is 12.8. The lowest BCUT2D eigenvalue weighted by molar-refractivity contribution is -0.122. The van der Waals surface area contributed by atoms with Crippen molar-refractivity contribution in [3.63, 3.8) is 0 Å². The zero-order chi connectivity index (χ0) is 31.1. The molecule has 1 heterocycles. The zero-order valence-corrected chi connectivity index (χ0v) is 25.1. The summed E-state index contributed by atoms with van der Waals surface area (Å²) in [4.78, 5) is 52.6. The molecule has 9 nitrogen and oxygen atoms in total. The van der Waals surface area contributed by atoms with Crippen LogP contribution in [0.3, 0.4) is 0 Å². The van der Waals surface area contributed by atoms with Crippen LogP contribution in [0.2, 0.25) is 0 Å². The van der Waals surface area contributed by atoms with Crippen LogP contribution in [0.4, 0.5) is 16.2 Å². The number of nitrogens with zero attached hydrogens (tertiary/aromatic N) is 1. The second-order valence-corrected chi connectivity index (χ2v) is 12.8. The number of amides is 5. The molecular weight excluding hydrogens is 570 g/mol. The van der Waals surface area contributed by atoms with E-state index in [2.05, 4.69) is 22.8 Å². The number of benzene rings is 3. The summed E-state index contributed by atoms with van der Waals surface area (Å²) in [5.41, 5.74) is 2.86. The molecule has 3 aromatic rings. The van der Waals surface area contributed by atoms with Gasteiger partial charge < -0.3 is 14.8 Å². The Morgan fingerprint density at radius 1 is 0.911 bits per heavy atom. The second kappa shape index (κ2) is 11.5. The number of hydrogen-bond acceptors (Lipinski definition) is 6. The predicted octanol–water partition coefficient (Wildman–Crippen LogP) is 5.85. The quantitative estimate of drug-likeness (QED) is 0.246. The monoisotopic (exact) mass is 605 g/mol. The maximum Gasteiger partial charge on any atom is 0.335 e. The molecule has 0 unspecified atom stereocenters. The summed E-state index contributed by atoms with van der Waals surface area (Å²) >= 11 is 0. The lowest BCUT2D eigenvalue weighted by atomic mass is 9.48. The summed E-state index contributed by atoms with van der Waals surface area (Å²) in [7, 11) is 1.45. The number of anilines is 2. The van der Waals surface area contributed by atoms with Gasteiger partial charge in [-0.25, -0.2) is 9.69 Å². The Morgan fingerprint density at radius 3 is 2.22 bits per heavy atom. The number of nitrogens with one attached hydrogen (secondary N) is 2. The third kappa shape index (κ3) is 5.59. The van der Waals surface area contributed by atoms with Crippen molar-refractivity contribution in [2.75, 3.05) is 23.9 Å². The average Bonchev–Trinajstić information content (AvgIpc) is 3.02. The molecule has 4 saturated carbocycles. The number of rotatable bonds is 8. The highest BCUT2D eigenvalue weighted by molar-refractivity contribution is 6.39. The van der Waals surface area contributed by atoms with Crippen LogP contribution < -0.4 is 25.0 Å². The van der Waals surface area contributed by atoms with E-state index in [4.69, 9.17) is 9.47 Å². The first-order chi connectivity index (χ1) is 21.8. The van der Waals surface area contributed by atoms with Crippen molar-refractivity contribution in [2.45, 2.75) is 43.9 Å². The molecule has 230 valence electrons. The van der Waals surface area contributed by atoms with Gasteiger partial charge in [-0.2, -0.15) is 0 Å². The molecule has 2 N–H and O–H groups in total. The van der Waals surface area contributed by atoms with E-state index in [9.17, 15) is 19.2 Å². The molecule has 5 fully saturated rings. The molecule has 8 rings (SSSR count). The molecule has 1 aliphatic heterocycles. The lowest BCUT2D eigenvalue weighted by Crippen LogP contribution is -2.54. The summed E-state index contributed by atoms with van der Waals surface area (Å²) in [6.07, 6.45) is 9.14. The molecule has 1 saturated heterocycles. The van der Waals surface area contributed by atoms with Crippen molar-refractivity contribution in [1.29, 1.82) is 0 Å². The van der Waals surface area contributed by atoms with Crippen LogP contribution in [0.15, 0.2) is 78.4 Å². The van der Waals surface area contributed by atoms with Gasteiger partial charge in [0, 0.05) is 5.69 Å². The van der Waals surface area contributed by atoms with Crippen LogP contribution in [0.1, 0.15) is 49.7 Å². The van der Waals surface area contributed by atoms with Crippen molar-refractivity contribution in [1.82, 2.24) is 5.32 Å². The minimum Gasteiger partial charge on any atom is -0.493 e. The largest absolute Gasteiger partial charge is 0.493 e. The standard InChI is InChI=1S/C36H35N3O6/c1-44-31-17-22(7-12-30(31)45-21-32(40)37-27-5-3-2-4-6-27)16-29-33(41)38-35(43)39(34(29)42)28-10-8-26(9-11-28)36-18-23-13-24(19-36)15-25(14-23)20-36/h2-12,16-17,23-25H,13-15,18-21H2,1H3,(H,37,40)(H,38,41,43)/b29-16-. The molecule has 5 amide bonds. The maximum absolute atomic E-state index is 13.6. The van der Waals surface area contributed by atoms with Gasteiger partial charge in [0.1, 0.15) is 5.57 Å². The Hall–Kier alpha value is -4.92. The van der Waals surface area contributed by atoms with Crippen molar-refractivity contribution in [3.8, 4) is 11.5 Å². The molecule has 4 aliphatic carbocycles. The molecule has 4 bridgehead atoms. The van der Waals surface area contributed by atoms with Crippen LogP contribution in [-0.4, -0.2) is 37.5 Å². The smallest absolute Gasteiger partial charge is 0.335 e. The van der Waals surface area contributed by atoms with E-state index in [1.54, 1.807) is 30.3 Å². The Bertz CT molecular complexity index is 1660. The van der Waals surface area contributed by atoms with E-state index in [-0.39, 0.29) is 23.5 Å². The van der Waals surface area contributed by atoms with Crippen LogP contribution in [-0.2, 0) is 19.8 Å². The van der Waals surface area contributed by atoms with Gasteiger partial charge in [-0.1, -0.05) is 36.4 Å². The number of imide groups is 2. The van der Waals surface area contributed by atoms with Gasteiger partial charge in [-0.05, 0) is 115 Å².